The molecule has 1 aromatic carbocycles. The van der Waals surface area contributed by atoms with Gasteiger partial charge in [0.15, 0.2) is 0 Å². The van der Waals surface area contributed by atoms with Crippen LogP contribution in [0.25, 0.3) is 0 Å². The molecule has 0 spiro atoms. The molecular formula is C12H18F2O3Si. The summed E-state index contributed by atoms with van der Waals surface area (Å²) in [4.78, 5) is 0. The summed E-state index contributed by atoms with van der Waals surface area (Å²) in [6, 6.07) is 3.66. The highest BCUT2D eigenvalue weighted by Gasteiger charge is 2.10. The highest BCUT2D eigenvalue weighted by molar-refractivity contribution is 6.36. The van der Waals surface area contributed by atoms with Crippen LogP contribution in [0.5, 0.6) is 0 Å². The predicted octanol–water partition coefficient (Wildman–Crippen LogP) is 2.31. The summed E-state index contributed by atoms with van der Waals surface area (Å²) in [6.45, 7) is 0.529. The summed E-state index contributed by atoms with van der Waals surface area (Å²) in [5.41, 5.74) is 0.531. The lowest BCUT2D eigenvalue weighted by Crippen LogP contribution is -2.24. The fourth-order valence-corrected chi connectivity index (χ4v) is 2.38. The first-order valence-corrected chi connectivity index (χ1v) is 7.20. The second-order valence-corrected chi connectivity index (χ2v) is 5.68. The van der Waals surface area contributed by atoms with Crippen molar-refractivity contribution in [3.05, 3.63) is 35.4 Å². The molecule has 1 aromatic rings. The van der Waals surface area contributed by atoms with Gasteiger partial charge in [-0.15, -0.1) is 0 Å². The van der Waals surface area contributed by atoms with E-state index >= 15 is 0 Å². The Morgan fingerprint density at radius 3 is 2.44 bits per heavy atom. The standard InChI is InChI=1S/C12H18F2O3Si/c1-15-18(16-2)17-8-4-3-5-10-6-7-11(13)9-12(10)14/h6-7,9,18H,3-5,8H2,1-2H3. The van der Waals surface area contributed by atoms with Crippen molar-refractivity contribution >= 4 is 9.53 Å². The number of halogens is 2. The van der Waals surface area contributed by atoms with Crippen LogP contribution in [0.2, 0.25) is 0 Å². The molecule has 0 N–H and O–H groups in total. The SMILES string of the molecule is CO[SiH](OC)OCCCCc1ccc(F)cc1F. The minimum Gasteiger partial charge on any atom is -0.379 e. The third kappa shape index (κ3) is 5.22. The predicted molar refractivity (Wildman–Crippen MR) is 66.4 cm³/mol. The molecule has 0 aliphatic rings. The lowest BCUT2D eigenvalue weighted by molar-refractivity contribution is 0.133. The van der Waals surface area contributed by atoms with Gasteiger partial charge in [0.05, 0.1) is 0 Å². The Labute approximate surface area is 108 Å². The van der Waals surface area contributed by atoms with E-state index in [9.17, 15) is 8.78 Å². The third-order valence-electron chi connectivity index (χ3n) is 2.49. The van der Waals surface area contributed by atoms with E-state index in [0.29, 0.717) is 18.6 Å². The van der Waals surface area contributed by atoms with Gasteiger partial charge >= 0.3 is 9.53 Å². The number of hydrogen-bond acceptors (Lipinski definition) is 3. The maximum Gasteiger partial charge on any atom is 0.483 e. The Balaban J connectivity index is 2.21. The highest BCUT2D eigenvalue weighted by Crippen LogP contribution is 2.12. The van der Waals surface area contributed by atoms with Gasteiger partial charge < -0.3 is 13.3 Å². The lowest BCUT2D eigenvalue weighted by Gasteiger charge is -2.11. The Morgan fingerprint density at radius 1 is 1.11 bits per heavy atom. The second-order valence-electron chi connectivity index (χ2n) is 3.82. The number of unbranched alkanes of at least 4 members (excludes halogenated alkanes) is 1. The van der Waals surface area contributed by atoms with Gasteiger partial charge in [-0.1, -0.05) is 6.07 Å². The maximum absolute atomic E-state index is 13.3. The van der Waals surface area contributed by atoms with Crippen LogP contribution in [0.15, 0.2) is 18.2 Å². The molecule has 102 valence electrons. The quantitative estimate of drug-likeness (QED) is 0.539. The molecule has 0 aromatic heterocycles. The van der Waals surface area contributed by atoms with Crippen molar-refractivity contribution in [3.63, 3.8) is 0 Å². The van der Waals surface area contributed by atoms with Crippen molar-refractivity contribution in [1.82, 2.24) is 0 Å². The van der Waals surface area contributed by atoms with Gasteiger partial charge in [-0.3, -0.25) is 0 Å². The van der Waals surface area contributed by atoms with Crippen LogP contribution in [-0.4, -0.2) is 30.4 Å². The zero-order valence-electron chi connectivity index (χ0n) is 10.6. The largest absolute Gasteiger partial charge is 0.483 e. The summed E-state index contributed by atoms with van der Waals surface area (Å²) < 4.78 is 41.3. The lowest BCUT2D eigenvalue weighted by atomic mass is 10.1. The maximum atomic E-state index is 13.3. The van der Waals surface area contributed by atoms with Crippen LogP contribution in [0.4, 0.5) is 8.78 Å². The Morgan fingerprint density at radius 2 is 1.83 bits per heavy atom. The minimum absolute atomic E-state index is 0.489. The molecule has 0 bridgehead atoms. The van der Waals surface area contributed by atoms with E-state index in [2.05, 4.69) is 0 Å². The molecule has 18 heavy (non-hydrogen) atoms. The average Bonchev–Trinajstić information content (AvgIpc) is 2.36. The minimum atomic E-state index is -1.95. The fourth-order valence-electron chi connectivity index (χ4n) is 1.55. The van der Waals surface area contributed by atoms with Crippen LogP contribution in [0.1, 0.15) is 18.4 Å². The van der Waals surface area contributed by atoms with Crippen LogP contribution < -0.4 is 0 Å². The van der Waals surface area contributed by atoms with Crippen molar-refractivity contribution in [2.24, 2.45) is 0 Å². The molecule has 0 radical (unpaired) electrons. The van der Waals surface area contributed by atoms with Crippen LogP contribution >= 0.6 is 0 Å². The van der Waals surface area contributed by atoms with Crippen molar-refractivity contribution < 1.29 is 22.1 Å². The van der Waals surface area contributed by atoms with E-state index in [1.54, 1.807) is 14.2 Å². The van der Waals surface area contributed by atoms with Crippen molar-refractivity contribution in [1.29, 1.82) is 0 Å². The van der Waals surface area contributed by atoms with E-state index in [1.165, 1.54) is 12.1 Å². The van der Waals surface area contributed by atoms with Gasteiger partial charge in [-0.2, -0.15) is 0 Å². The van der Waals surface area contributed by atoms with Gasteiger partial charge in [0, 0.05) is 26.9 Å². The first-order chi connectivity index (χ1) is 8.67. The summed E-state index contributed by atoms with van der Waals surface area (Å²) in [7, 11) is 1.15. The molecule has 0 atom stereocenters. The number of aryl methyl sites for hydroxylation is 1. The molecule has 0 amide bonds. The molecule has 3 nitrogen and oxygen atoms in total. The van der Waals surface area contributed by atoms with Gasteiger partial charge in [0.25, 0.3) is 0 Å². The smallest absolute Gasteiger partial charge is 0.379 e. The summed E-state index contributed by atoms with van der Waals surface area (Å²) >= 11 is 0. The molecule has 1 rings (SSSR count). The first-order valence-electron chi connectivity index (χ1n) is 5.78. The molecular weight excluding hydrogens is 258 g/mol. The van der Waals surface area contributed by atoms with E-state index in [-0.39, 0.29) is 0 Å². The molecule has 0 saturated heterocycles. The zero-order valence-corrected chi connectivity index (χ0v) is 11.8. The number of hydrogen-bond donors (Lipinski definition) is 0. The van der Waals surface area contributed by atoms with Gasteiger partial charge in [0.1, 0.15) is 11.6 Å². The van der Waals surface area contributed by atoms with Crippen molar-refractivity contribution in [2.45, 2.75) is 19.3 Å². The normalized spacial score (nSPS) is 11.2. The molecule has 0 unspecified atom stereocenters. The Kier molecular flexibility index (Phi) is 7.03. The van der Waals surface area contributed by atoms with Crippen LogP contribution in [-0.2, 0) is 19.7 Å². The van der Waals surface area contributed by atoms with Gasteiger partial charge in [0.2, 0.25) is 0 Å². The molecule has 0 fully saturated rings. The molecule has 0 aliphatic heterocycles. The topological polar surface area (TPSA) is 27.7 Å². The monoisotopic (exact) mass is 276 g/mol. The Hall–Kier alpha value is -0.823. The Bertz CT molecular complexity index is 359. The zero-order chi connectivity index (χ0) is 13.4. The second kappa shape index (κ2) is 8.31. The molecule has 6 heteroatoms. The van der Waals surface area contributed by atoms with E-state index < -0.39 is 21.2 Å². The van der Waals surface area contributed by atoms with E-state index in [1.807, 2.05) is 0 Å². The first kappa shape index (κ1) is 15.2. The summed E-state index contributed by atoms with van der Waals surface area (Å²) in [5, 5.41) is 0. The number of benzene rings is 1. The molecule has 0 saturated carbocycles. The van der Waals surface area contributed by atoms with E-state index in [4.69, 9.17) is 13.3 Å². The van der Waals surface area contributed by atoms with Gasteiger partial charge in [-0.25, -0.2) is 8.78 Å². The molecule has 0 heterocycles. The summed E-state index contributed by atoms with van der Waals surface area (Å²) in [6.07, 6.45) is 2.13. The van der Waals surface area contributed by atoms with Gasteiger partial charge in [-0.05, 0) is 30.9 Å². The van der Waals surface area contributed by atoms with Crippen molar-refractivity contribution in [3.8, 4) is 0 Å². The molecule has 0 aliphatic carbocycles. The average molecular weight is 276 g/mol. The fraction of sp³-hybridized carbons (Fsp3) is 0.500. The number of rotatable bonds is 8. The van der Waals surface area contributed by atoms with Crippen molar-refractivity contribution in [2.75, 3.05) is 20.8 Å². The third-order valence-corrected chi connectivity index (χ3v) is 3.77. The highest BCUT2D eigenvalue weighted by atomic mass is 28.3. The van der Waals surface area contributed by atoms with Crippen LogP contribution in [0.3, 0.4) is 0 Å². The van der Waals surface area contributed by atoms with Crippen LogP contribution in [0, 0.1) is 11.6 Å². The van der Waals surface area contributed by atoms with E-state index in [0.717, 1.165) is 18.9 Å². The summed E-state index contributed by atoms with van der Waals surface area (Å²) in [5.74, 6) is -1.04.